The molecule has 2 rings (SSSR count). The summed E-state index contributed by atoms with van der Waals surface area (Å²) in [4.78, 5) is 27.6. The van der Waals surface area contributed by atoms with E-state index in [2.05, 4.69) is 75.4 Å². The molecule has 9 heteroatoms. The van der Waals surface area contributed by atoms with Crippen LogP contribution in [0.5, 0.6) is 5.75 Å². The van der Waals surface area contributed by atoms with Gasteiger partial charge in [-0.2, -0.15) is 0 Å². The van der Waals surface area contributed by atoms with Crippen LogP contribution in [0.3, 0.4) is 0 Å². The van der Waals surface area contributed by atoms with Crippen molar-refractivity contribution in [3.8, 4) is 5.75 Å². The van der Waals surface area contributed by atoms with Gasteiger partial charge < -0.3 is 15.4 Å². The molecule has 2 aromatic rings. The first-order chi connectivity index (χ1) is 16.9. The summed E-state index contributed by atoms with van der Waals surface area (Å²) in [5.74, 6) is -0.594. The van der Waals surface area contributed by atoms with Crippen LogP contribution in [-0.2, 0) is 15.6 Å². The van der Waals surface area contributed by atoms with Crippen molar-refractivity contribution in [1.82, 2.24) is 10.3 Å². The van der Waals surface area contributed by atoms with Crippen LogP contribution in [0.25, 0.3) is 0 Å². The molecule has 6 nitrogen and oxygen atoms in total. The molecule has 0 radical (unpaired) electrons. The van der Waals surface area contributed by atoms with Gasteiger partial charge in [0.05, 0.1) is 19.3 Å². The second-order valence-electron chi connectivity index (χ2n) is 10.1. The molecule has 36 heavy (non-hydrogen) atoms. The number of nitrogens with one attached hydrogen (secondary N) is 2. The van der Waals surface area contributed by atoms with E-state index in [4.69, 9.17) is 4.74 Å². The quantitative estimate of drug-likeness (QED) is 0.266. The monoisotopic (exact) mass is 523 g/mol. The van der Waals surface area contributed by atoms with Crippen molar-refractivity contribution in [2.24, 2.45) is 0 Å². The number of ether oxygens (including phenoxy) is 1. The molecule has 0 aliphatic carbocycles. The number of anilines is 1. The lowest BCUT2D eigenvalue weighted by molar-refractivity contribution is -0.127. The van der Waals surface area contributed by atoms with Gasteiger partial charge in [0.15, 0.2) is 5.13 Å². The van der Waals surface area contributed by atoms with Crippen molar-refractivity contribution < 1.29 is 23.1 Å². The van der Waals surface area contributed by atoms with Gasteiger partial charge in [-0.15, -0.1) is 0 Å². The van der Waals surface area contributed by atoms with Crippen LogP contribution in [0.2, 0.25) is 0 Å². The third-order valence-electron chi connectivity index (χ3n) is 6.76. The van der Waals surface area contributed by atoms with Gasteiger partial charge in [0.2, 0.25) is 5.78 Å². The molecule has 0 aliphatic heterocycles. The van der Waals surface area contributed by atoms with Gasteiger partial charge in [0, 0.05) is 12.1 Å². The minimum absolute atomic E-state index is 0.00165. The number of carbonyl (C=O) groups is 2. The Hall–Kier alpha value is -2.55. The van der Waals surface area contributed by atoms with Crippen LogP contribution < -0.4 is 15.4 Å². The molecule has 0 bridgehead atoms. The van der Waals surface area contributed by atoms with Crippen molar-refractivity contribution in [3.63, 3.8) is 0 Å². The smallest absolute Gasteiger partial charge is 0.297 e. The van der Waals surface area contributed by atoms with Gasteiger partial charge in [0.1, 0.15) is 10.6 Å². The zero-order valence-corrected chi connectivity index (χ0v) is 23.0. The molecule has 0 fully saturated rings. The van der Waals surface area contributed by atoms with Crippen LogP contribution >= 0.6 is 11.3 Å². The molecule has 1 aromatic carbocycles. The van der Waals surface area contributed by atoms with E-state index in [1.807, 2.05) is 0 Å². The summed E-state index contributed by atoms with van der Waals surface area (Å²) in [5, 5.41) is 5.60. The average molecular weight is 524 g/mol. The predicted octanol–water partition coefficient (Wildman–Crippen LogP) is 6.35. The summed E-state index contributed by atoms with van der Waals surface area (Å²) in [6.07, 6.45) is 1.91. The molecule has 0 aliphatic rings. The maximum Gasteiger partial charge on any atom is 0.297 e. The first-order valence-corrected chi connectivity index (χ1v) is 13.3. The lowest BCUT2D eigenvalue weighted by atomic mass is 9.76. The lowest BCUT2D eigenvalue weighted by Crippen LogP contribution is -2.24. The number of ketones is 1. The minimum atomic E-state index is -3.03. The Balaban J connectivity index is 1.83. The molecule has 1 aromatic heterocycles. The van der Waals surface area contributed by atoms with E-state index in [9.17, 15) is 18.4 Å². The molecule has 0 unspecified atom stereocenters. The largest absolute Gasteiger partial charge is 0.493 e. The minimum Gasteiger partial charge on any atom is -0.493 e. The number of rotatable bonds is 15. The molecule has 200 valence electrons. The number of hydrogen-bond donors (Lipinski definition) is 2. The fourth-order valence-electron chi connectivity index (χ4n) is 3.40. The number of alkyl halides is 2. The SMILES string of the molecule is CCC(C)(C)c1ccc(OCCCCNC(=O)c2cnc(NCC(=O)C(F)F)s2)c(C(C)(C)CC)c1. The van der Waals surface area contributed by atoms with Crippen molar-refractivity contribution in [2.45, 2.75) is 84.5 Å². The fraction of sp³-hybridized carbons (Fsp3) is 0.593. The van der Waals surface area contributed by atoms with Gasteiger partial charge in [0.25, 0.3) is 12.3 Å². The molecule has 0 atom stereocenters. The topological polar surface area (TPSA) is 80.3 Å². The molecule has 0 saturated carbocycles. The van der Waals surface area contributed by atoms with E-state index in [0.29, 0.717) is 18.0 Å². The van der Waals surface area contributed by atoms with Crippen LogP contribution in [-0.4, -0.2) is 42.8 Å². The van der Waals surface area contributed by atoms with Gasteiger partial charge in [-0.05, 0) is 48.1 Å². The maximum absolute atomic E-state index is 12.3. The van der Waals surface area contributed by atoms with Crippen LogP contribution in [0, 0.1) is 0 Å². The normalized spacial score (nSPS) is 12.0. The van der Waals surface area contributed by atoms with Gasteiger partial charge in [-0.1, -0.05) is 65.0 Å². The third-order valence-corrected chi connectivity index (χ3v) is 7.71. The second kappa shape index (κ2) is 13.1. The number of unbranched alkanes of at least 4 members (excludes halogenated alkanes) is 1. The first-order valence-electron chi connectivity index (χ1n) is 12.5. The zero-order valence-electron chi connectivity index (χ0n) is 22.2. The predicted molar refractivity (Wildman–Crippen MR) is 142 cm³/mol. The van der Waals surface area contributed by atoms with Crippen molar-refractivity contribution in [2.75, 3.05) is 25.0 Å². The maximum atomic E-state index is 12.3. The molecule has 2 N–H and O–H groups in total. The number of Topliss-reactive ketones (excluding diaryl/α,β-unsaturated/α-hetero) is 1. The number of thiazole rings is 1. The Morgan fingerprint density at radius 3 is 2.42 bits per heavy atom. The molecule has 0 spiro atoms. The van der Waals surface area contributed by atoms with E-state index in [-0.39, 0.29) is 21.9 Å². The summed E-state index contributed by atoms with van der Waals surface area (Å²) in [6.45, 7) is 13.9. The number of carbonyl (C=O) groups excluding carboxylic acids is 2. The summed E-state index contributed by atoms with van der Waals surface area (Å²) in [7, 11) is 0. The van der Waals surface area contributed by atoms with E-state index >= 15 is 0 Å². The van der Waals surface area contributed by atoms with E-state index in [1.54, 1.807) is 0 Å². The highest BCUT2D eigenvalue weighted by Crippen LogP contribution is 2.38. The summed E-state index contributed by atoms with van der Waals surface area (Å²) >= 11 is 1.01. The zero-order chi connectivity index (χ0) is 26.9. The van der Waals surface area contributed by atoms with E-state index in [0.717, 1.165) is 42.8 Å². The van der Waals surface area contributed by atoms with E-state index in [1.165, 1.54) is 17.3 Å². The Bertz CT molecular complexity index is 1020. The summed E-state index contributed by atoms with van der Waals surface area (Å²) in [6, 6.07) is 6.55. The number of amides is 1. The highest BCUT2D eigenvalue weighted by Gasteiger charge is 2.26. The number of hydrogen-bond acceptors (Lipinski definition) is 6. The highest BCUT2D eigenvalue weighted by molar-refractivity contribution is 7.17. The molecule has 1 heterocycles. The standard InChI is InChI=1S/C27H39F2N3O3S/c1-7-26(3,4)18-11-12-21(19(15-18)27(5,6)8-2)35-14-10-9-13-30-24(34)22-17-32-25(36-22)31-16-20(33)23(28)29/h11-12,15,17,23H,7-10,13-14,16H2,1-6H3,(H,30,34)(H,31,32). The second-order valence-corrected chi connectivity index (χ2v) is 11.2. The number of aromatic nitrogens is 1. The van der Waals surface area contributed by atoms with Crippen molar-refractivity contribution >= 4 is 28.2 Å². The lowest BCUT2D eigenvalue weighted by Gasteiger charge is -2.30. The molecule has 1 amide bonds. The number of halogens is 2. The van der Waals surface area contributed by atoms with Gasteiger partial charge >= 0.3 is 0 Å². The first kappa shape index (κ1) is 29.7. The Morgan fingerprint density at radius 2 is 1.78 bits per heavy atom. The average Bonchev–Trinajstić information content (AvgIpc) is 3.33. The molecule has 0 saturated heterocycles. The number of benzene rings is 1. The Labute approximate surface area is 217 Å². The third kappa shape index (κ3) is 8.25. The fourth-order valence-corrected chi connectivity index (χ4v) is 4.13. The van der Waals surface area contributed by atoms with E-state index < -0.39 is 18.8 Å². The van der Waals surface area contributed by atoms with Gasteiger partial charge in [-0.3, -0.25) is 9.59 Å². The van der Waals surface area contributed by atoms with Crippen LogP contribution in [0.1, 0.15) is 88.0 Å². The van der Waals surface area contributed by atoms with Gasteiger partial charge in [-0.25, -0.2) is 13.8 Å². The molecular weight excluding hydrogens is 484 g/mol. The van der Waals surface area contributed by atoms with Crippen LogP contribution in [0.4, 0.5) is 13.9 Å². The van der Waals surface area contributed by atoms with Crippen molar-refractivity contribution in [1.29, 1.82) is 0 Å². The van der Waals surface area contributed by atoms with Crippen molar-refractivity contribution in [3.05, 3.63) is 40.4 Å². The summed E-state index contributed by atoms with van der Waals surface area (Å²) in [5.41, 5.74) is 2.65. The Morgan fingerprint density at radius 1 is 1.08 bits per heavy atom. The summed E-state index contributed by atoms with van der Waals surface area (Å²) < 4.78 is 30.7. The Kier molecular flexibility index (Phi) is 10.8. The molecular formula is C27H39F2N3O3S. The van der Waals surface area contributed by atoms with Crippen LogP contribution in [0.15, 0.2) is 24.4 Å². The highest BCUT2D eigenvalue weighted by atomic mass is 32.1. The number of nitrogens with zero attached hydrogens (tertiary/aromatic N) is 1.